The maximum absolute atomic E-state index is 10.1. The highest BCUT2D eigenvalue weighted by molar-refractivity contribution is 9.10. The van der Waals surface area contributed by atoms with E-state index in [0.717, 1.165) is 26.8 Å². The number of aromatic hydroxyl groups is 1. The number of H-pyrrole nitrogens is 1. The summed E-state index contributed by atoms with van der Waals surface area (Å²) in [6.45, 7) is 0.236. The predicted octanol–water partition coefficient (Wildman–Crippen LogP) is 4.12. The molecule has 1 aromatic heterocycles. The van der Waals surface area contributed by atoms with Crippen LogP contribution in [0.25, 0.3) is 10.9 Å². The first-order chi connectivity index (χ1) is 10.7. The Kier molecular flexibility index (Phi) is 3.04. The van der Waals surface area contributed by atoms with Crippen LogP contribution in [-0.4, -0.2) is 23.1 Å². The Morgan fingerprint density at radius 3 is 2.91 bits per heavy atom. The third-order valence-electron chi connectivity index (χ3n) is 3.48. The number of fused-ring (bicyclic) bond motifs is 2. The summed E-state index contributed by atoms with van der Waals surface area (Å²) in [6, 6.07) is 11.2. The SMILES string of the molecule is Oc1[nH]c2ccc(Br)cc2c1C=Nc1ccc2c(c1)OCO2. The van der Waals surface area contributed by atoms with Crippen LogP contribution in [0.3, 0.4) is 0 Å². The molecule has 5 nitrogen and oxygen atoms in total. The van der Waals surface area contributed by atoms with Gasteiger partial charge in [-0.15, -0.1) is 0 Å². The third kappa shape index (κ3) is 2.21. The number of nitrogens with zero attached hydrogens (tertiary/aromatic N) is 1. The molecule has 0 bridgehead atoms. The van der Waals surface area contributed by atoms with Gasteiger partial charge in [-0.05, 0) is 30.3 Å². The van der Waals surface area contributed by atoms with Crippen LogP contribution in [0.5, 0.6) is 17.4 Å². The zero-order valence-electron chi connectivity index (χ0n) is 11.3. The van der Waals surface area contributed by atoms with Crippen LogP contribution in [0.15, 0.2) is 45.9 Å². The standard InChI is InChI=1S/C16H11BrN2O3/c17-9-1-3-13-11(5-9)12(16(20)19-13)7-18-10-2-4-14-15(6-10)22-8-21-14/h1-7,19-20H,8H2. The lowest BCUT2D eigenvalue weighted by molar-refractivity contribution is 0.174. The van der Waals surface area contributed by atoms with Crippen LogP contribution in [0.2, 0.25) is 0 Å². The van der Waals surface area contributed by atoms with Gasteiger partial charge in [-0.25, -0.2) is 0 Å². The Hall–Kier alpha value is -2.47. The quantitative estimate of drug-likeness (QED) is 0.677. The van der Waals surface area contributed by atoms with Crippen molar-refractivity contribution in [3.8, 4) is 17.4 Å². The van der Waals surface area contributed by atoms with E-state index >= 15 is 0 Å². The average molecular weight is 359 g/mol. The Morgan fingerprint density at radius 2 is 2.00 bits per heavy atom. The van der Waals surface area contributed by atoms with Gasteiger partial charge >= 0.3 is 0 Å². The largest absolute Gasteiger partial charge is 0.494 e. The van der Waals surface area contributed by atoms with Crippen molar-refractivity contribution in [2.75, 3.05) is 6.79 Å². The van der Waals surface area contributed by atoms with Gasteiger partial charge in [0.15, 0.2) is 17.4 Å². The highest BCUT2D eigenvalue weighted by Crippen LogP contribution is 2.35. The smallest absolute Gasteiger partial charge is 0.231 e. The lowest BCUT2D eigenvalue weighted by Crippen LogP contribution is -1.92. The number of halogens is 1. The first-order valence-corrected chi connectivity index (χ1v) is 7.44. The molecule has 3 aromatic rings. The monoisotopic (exact) mass is 358 g/mol. The summed E-state index contributed by atoms with van der Waals surface area (Å²) in [6.07, 6.45) is 1.64. The Balaban J connectivity index is 1.74. The molecular weight excluding hydrogens is 348 g/mol. The molecule has 2 N–H and O–H groups in total. The van der Waals surface area contributed by atoms with Gasteiger partial charge < -0.3 is 19.6 Å². The topological polar surface area (TPSA) is 66.8 Å². The van der Waals surface area contributed by atoms with Gasteiger partial charge in [-0.2, -0.15) is 0 Å². The second-order valence-corrected chi connectivity index (χ2v) is 5.79. The van der Waals surface area contributed by atoms with E-state index in [1.54, 1.807) is 12.3 Å². The van der Waals surface area contributed by atoms with E-state index in [1.165, 1.54) is 0 Å². The Morgan fingerprint density at radius 1 is 1.14 bits per heavy atom. The van der Waals surface area contributed by atoms with E-state index in [1.807, 2.05) is 30.3 Å². The molecule has 0 saturated heterocycles. The van der Waals surface area contributed by atoms with Crippen LogP contribution < -0.4 is 9.47 Å². The second-order valence-electron chi connectivity index (χ2n) is 4.87. The van der Waals surface area contributed by atoms with Gasteiger partial charge in [-0.3, -0.25) is 4.99 Å². The van der Waals surface area contributed by atoms with E-state index < -0.39 is 0 Å². The highest BCUT2D eigenvalue weighted by atomic mass is 79.9. The van der Waals surface area contributed by atoms with Crippen molar-refractivity contribution in [2.45, 2.75) is 0 Å². The Labute approximate surface area is 134 Å². The first-order valence-electron chi connectivity index (χ1n) is 6.64. The molecule has 0 saturated carbocycles. The number of nitrogens with one attached hydrogen (secondary N) is 1. The summed E-state index contributed by atoms with van der Waals surface area (Å²) in [4.78, 5) is 7.34. The molecule has 22 heavy (non-hydrogen) atoms. The van der Waals surface area contributed by atoms with Crippen molar-refractivity contribution in [3.05, 3.63) is 46.4 Å². The number of benzene rings is 2. The first kappa shape index (κ1) is 13.2. The van der Waals surface area contributed by atoms with Crippen molar-refractivity contribution in [1.82, 2.24) is 4.98 Å². The number of aromatic amines is 1. The van der Waals surface area contributed by atoms with Gasteiger partial charge in [0, 0.05) is 27.7 Å². The molecule has 0 aliphatic carbocycles. The molecule has 1 aliphatic heterocycles. The average Bonchev–Trinajstić information content (AvgIpc) is 3.08. The van der Waals surface area contributed by atoms with Crippen molar-refractivity contribution in [3.63, 3.8) is 0 Å². The minimum atomic E-state index is 0.0950. The van der Waals surface area contributed by atoms with Gasteiger partial charge in [0.1, 0.15) is 0 Å². The van der Waals surface area contributed by atoms with Crippen LogP contribution in [0.1, 0.15) is 5.56 Å². The molecule has 0 spiro atoms. The number of aliphatic imine (C=N–C) groups is 1. The number of rotatable bonds is 2. The fraction of sp³-hybridized carbons (Fsp3) is 0.0625. The fourth-order valence-electron chi connectivity index (χ4n) is 2.41. The summed E-state index contributed by atoms with van der Waals surface area (Å²) >= 11 is 3.44. The molecule has 2 heterocycles. The second kappa shape index (κ2) is 5.06. The van der Waals surface area contributed by atoms with Crippen molar-refractivity contribution < 1.29 is 14.6 Å². The molecule has 110 valence electrons. The molecule has 0 atom stereocenters. The summed E-state index contributed by atoms with van der Waals surface area (Å²) in [5, 5.41) is 11.0. The van der Waals surface area contributed by atoms with Gasteiger partial charge in [0.05, 0.1) is 11.3 Å². The molecule has 2 aromatic carbocycles. The predicted molar refractivity (Wildman–Crippen MR) is 87.5 cm³/mol. The number of hydrogen-bond donors (Lipinski definition) is 2. The van der Waals surface area contributed by atoms with Gasteiger partial charge in [0.25, 0.3) is 0 Å². The normalized spacial score (nSPS) is 13.3. The maximum atomic E-state index is 10.1. The maximum Gasteiger partial charge on any atom is 0.231 e. The lowest BCUT2D eigenvalue weighted by atomic mass is 10.2. The van der Waals surface area contributed by atoms with Crippen molar-refractivity contribution in [1.29, 1.82) is 0 Å². The van der Waals surface area contributed by atoms with Crippen molar-refractivity contribution in [2.24, 2.45) is 4.99 Å². The van der Waals surface area contributed by atoms with E-state index in [4.69, 9.17) is 9.47 Å². The summed E-state index contributed by atoms with van der Waals surface area (Å²) in [5.74, 6) is 1.50. The van der Waals surface area contributed by atoms with Crippen molar-refractivity contribution >= 4 is 38.7 Å². The van der Waals surface area contributed by atoms with Crippen LogP contribution in [0.4, 0.5) is 5.69 Å². The van der Waals surface area contributed by atoms with Crippen LogP contribution >= 0.6 is 15.9 Å². The fourth-order valence-corrected chi connectivity index (χ4v) is 2.77. The van der Waals surface area contributed by atoms with E-state index in [2.05, 4.69) is 25.9 Å². The minimum Gasteiger partial charge on any atom is -0.494 e. The van der Waals surface area contributed by atoms with E-state index in [0.29, 0.717) is 11.3 Å². The zero-order chi connectivity index (χ0) is 15.1. The summed E-state index contributed by atoms with van der Waals surface area (Å²) in [5.41, 5.74) is 2.23. The molecular formula is C16H11BrN2O3. The van der Waals surface area contributed by atoms with Crippen LogP contribution in [0, 0.1) is 0 Å². The summed E-state index contributed by atoms with van der Waals surface area (Å²) in [7, 11) is 0. The number of ether oxygens (including phenoxy) is 2. The number of aromatic nitrogens is 1. The highest BCUT2D eigenvalue weighted by Gasteiger charge is 2.13. The van der Waals surface area contributed by atoms with E-state index in [9.17, 15) is 5.11 Å². The van der Waals surface area contributed by atoms with E-state index in [-0.39, 0.29) is 12.7 Å². The van der Waals surface area contributed by atoms with Gasteiger partial charge in [-0.1, -0.05) is 15.9 Å². The molecule has 0 unspecified atom stereocenters. The zero-order valence-corrected chi connectivity index (χ0v) is 12.9. The molecule has 4 rings (SSSR count). The summed E-state index contributed by atoms with van der Waals surface area (Å²) < 4.78 is 11.5. The molecule has 1 aliphatic rings. The third-order valence-corrected chi connectivity index (χ3v) is 3.97. The molecule has 0 fully saturated rings. The Bertz CT molecular complexity index is 902. The van der Waals surface area contributed by atoms with Crippen LogP contribution in [-0.2, 0) is 0 Å². The minimum absolute atomic E-state index is 0.0950. The number of hydrogen-bond acceptors (Lipinski definition) is 4. The van der Waals surface area contributed by atoms with Gasteiger partial charge in [0.2, 0.25) is 6.79 Å². The molecule has 0 radical (unpaired) electrons. The molecule has 6 heteroatoms. The lowest BCUT2D eigenvalue weighted by Gasteiger charge is -1.98. The molecule has 0 amide bonds.